The van der Waals surface area contributed by atoms with Crippen molar-refractivity contribution in [2.75, 3.05) is 12.0 Å². The van der Waals surface area contributed by atoms with Gasteiger partial charge in [-0.2, -0.15) is 11.8 Å². The Morgan fingerprint density at radius 3 is 2.86 bits per heavy atom. The van der Waals surface area contributed by atoms with Crippen molar-refractivity contribution in [3.8, 4) is 0 Å². The van der Waals surface area contributed by atoms with E-state index >= 15 is 0 Å². The summed E-state index contributed by atoms with van der Waals surface area (Å²) in [5, 5.41) is 9.44. The molecule has 0 spiro atoms. The highest BCUT2D eigenvalue weighted by atomic mass is 32.2. The van der Waals surface area contributed by atoms with Crippen LogP contribution in [0.3, 0.4) is 0 Å². The molecule has 0 bridgehead atoms. The van der Waals surface area contributed by atoms with E-state index in [1.165, 1.54) is 6.92 Å². The first-order valence-electron chi connectivity index (χ1n) is 4.31. The van der Waals surface area contributed by atoms with Gasteiger partial charge in [0.15, 0.2) is 0 Å². The van der Waals surface area contributed by atoms with Crippen LogP contribution in [0.4, 0.5) is 0 Å². The van der Waals surface area contributed by atoms with E-state index < -0.39 is 11.9 Å². The van der Waals surface area contributed by atoms with Crippen LogP contribution >= 0.6 is 11.8 Å². The highest BCUT2D eigenvalue weighted by Crippen LogP contribution is 2.21. The van der Waals surface area contributed by atoms with Crippen LogP contribution in [0.15, 0.2) is 11.8 Å². The molecule has 0 saturated carbocycles. The SMILES string of the molecule is CSCCC1C(O)=CC(=O)N1C(C)=O. The Balaban J connectivity index is 2.74. The smallest absolute Gasteiger partial charge is 0.257 e. The molecule has 0 aromatic heterocycles. The van der Waals surface area contributed by atoms with Crippen LogP contribution in [0.1, 0.15) is 13.3 Å². The molecule has 4 nitrogen and oxygen atoms in total. The second-order valence-electron chi connectivity index (χ2n) is 3.09. The van der Waals surface area contributed by atoms with Crippen molar-refractivity contribution in [2.24, 2.45) is 0 Å². The highest BCUT2D eigenvalue weighted by Gasteiger charge is 2.34. The molecule has 1 unspecified atom stereocenters. The van der Waals surface area contributed by atoms with E-state index in [1.807, 2.05) is 6.26 Å². The van der Waals surface area contributed by atoms with E-state index in [0.29, 0.717) is 6.42 Å². The maximum absolute atomic E-state index is 11.3. The lowest BCUT2D eigenvalue weighted by atomic mass is 10.2. The zero-order valence-electron chi connectivity index (χ0n) is 8.19. The fourth-order valence-electron chi connectivity index (χ4n) is 1.46. The van der Waals surface area contributed by atoms with Gasteiger partial charge in [-0.15, -0.1) is 0 Å². The van der Waals surface area contributed by atoms with Gasteiger partial charge in [0.2, 0.25) is 5.91 Å². The van der Waals surface area contributed by atoms with Crippen molar-refractivity contribution in [3.05, 3.63) is 11.8 Å². The number of amides is 2. The maximum Gasteiger partial charge on any atom is 0.257 e. The number of carbonyl (C=O) groups is 2. The third-order valence-electron chi connectivity index (χ3n) is 2.10. The molecule has 1 atom stereocenters. The first-order chi connectivity index (χ1) is 6.57. The topological polar surface area (TPSA) is 57.6 Å². The first kappa shape index (κ1) is 11.1. The van der Waals surface area contributed by atoms with Gasteiger partial charge in [0.25, 0.3) is 5.91 Å². The first-order valence-corrected chi connectivity index (χ1v) is 5.70. The quantitative estimate of drug-likeness (QED) is 0.761. The summed E-state index contributed by atoms with van der Waals surface area (Å²) in [4.78, 5) is 23.5. The van der Waals surface area contributed by atoms with Gasteiger partial charge >= 0.3 is 0 Å². The standard InChI is InChI=1S/C9H13NO3S/c1-6(11)10-7(3-4-14-2)8(12)5-9(10)13/h5,7,12H,3-4H2,1-2H3. The second-order valence-corrected chi connectivity index (χ2v) is 4.08. The molecule has 1 N–H and O–H groups in total. The van der Waals surface area contributed by atoms with Crippen molar-refractivity contribution in [1.29, 1.82) is 0 Å². The molecule has 1 aliphatic heterocycles. The predicted octanol–water partition coefficient (Wildman–Crippen LogP) is 0.939. The summed E-state index contributed by atoms with van der Waals surface area (Å²) in [7, 11) is 0. The van der Waals surface area contributed by atoms with Crippen LogP contribution in [-0.4, -0.2) is 39.9 Å². The summed E-state index contributed by atoms with van der Waals surface area (Å²) in [5.74, 6) is 0.0707. The number of imide groups is 1. The van der Waals surface area contributed by atoms with Crippen molar-refractivity contribution in [2.45, 2.75) is 19.4 Å². The number of carbonyl (C=O) groups excluding carboxylic acids is 2. The van der Waals surface area contributed by atoms with E-state index in [1.54, 1.807) is 11.8 Å². The van der Waals surface area contributed by atoms with Gasteiger partial charge in [-0.05, 0) is 18.4 Å². The van der Waals surface area contributed by atoms with Crippen molar-refractivity contribution < 1.29 is 14.7 Å². The Bertz CT molecular complexity index is 288. The van der Waals surface area contributed by atoms with Crippen LogP contribution < -0.4 is 0 Å². The van der Waals surface area contributed by atoms with E-state index in [-0.39, 0.29) is 11.7 Å². The molecule has 0 aromatic carbocycles. The molecule has 1 aliphatic rings. The fourth-order valence-corrected chi connectivity index (χ4v) is 1.92. The monoisotopic (exact) mass is 215 g/mol. The summed E-state index contributed by atoms with van der Waals surface area (Å²) in [6, 6.07) is -0.451. The molecular formula is C9H13NO3S. The molecule has 0 aliphatic carbocycles. The molecule has 2 amide bonds. The minimum atomic E-state index is -0.451. The molecule has 0 radical (unpaired) electrons. The summed E-state index contributed by atoms with van der Waals surface area (Å²) in [5.41, 5.74) is 0. The highest BCUT2D eigenvalue weighted by molar-refractivity contribution is 7.98. The number of aliphatic hydroxyl groups excluding tert-OH is 1. The van der Waals surface area contributed by atoms with Crippen molar-refractivity contribution >= 4 is 23.6 Å². The van der Waals surface area contributed by atoms with Crippen molar-refractivity contribution in [1.82, 2.24) is 4.90 Å². The van der Waals surface area contributed by atoms with Crippen LogP contribution in [0.25, 0.3) is 0 Å². The zero-order valence-corrected chi connectivity index (χ0v) is 9.00. The van der Waals surface area contributed by atoms with Gasteiger partial charge in [0, 0.05) is 13.0 Å². The van der Waals surface area contributed by atoms with Gasteiger partial charge < -0.3 is 5.11 Å². The lowest BCUT2D eigenvalue weighted by Gasteiger charge is -2.21. The third kappa shape index (κ3) is 2.09. The summed E-state index contributed by atoms with van der Waals surface area (Å²) in [6.07, 6.45) is 3.66. The van der Waals surface area contributed by atoms with E-state index in [4.69, 9.17) is 0 Å². The molecule has 1 rings (SSSR count). The summed E-state index contributed by atoms with van der Waals surface area (Å²) < 4.78 is 0. The van der Waals surface area contributed by atoms with Gasteiger partial charge in [-0.3, -0.25) is 14.5 Å². The largest absolute Gasteiger partial charge is 0.510 e. The molecule has 14 heavy (non-hydrogen) atoms. The molecular weight excluding hydrogens is 202 g/mol. The number of thioether (sulfide) groups is 1. The van der Waals surface area contributed by atoms with Gasteiger partial charge in [-0.25, -0.2) is 0 Å². The number of rotatable bonds is 3. The van der Waals surface area contributed by atoms with E-state index in [9.17, 15) is 14.7 Å². The normalized spacial score (nSPS) is 21.3. The number of hydrogen-bond donors (Lipinski definition) is 1. The van der Waals surface area contributed by atoms with Crippen LogP contribution in [0, 0.1) is 0 Å². The van der Waals surface area contributed by atoms with Gasteiger partial charge in [0.05, 0.1) is 6.04 Å². The third-order valence-corrected chi connectivity index (χ3v) is 2.74. The molecule has 0 fully saturated rings. The zero-order chi connectivity index (χ0) is 10.7. The number of aliphatic hydroxyl groups is 1. The Hall–Kier alpha value is -0.970. The van der Waals surface area contributed by atoms with E-state index in [0.717, 1.165) is 16.7 Å². The van der Waals surface area contributed by atoms with Gasteiger partial charge in [-0.1, -0.05) is 0 Å². The summed E-state index contributed by atoms with van der Waals surface area (Å²) in [6.45, 7) is 1.33. The Labute approximate surface area is 87.0 Å². The predicted molar refractivity (Wildman–Crippen MR) is 55.0 cm³/mol. The second kappa shape index (κ2) is 4.50. The van der Waals surface area contributed by atoms with E-state index in [2.05, 4.69) is 0 Å². The van der Waals surface area contributed by atoms with Crippen LogP contribution in [0.2, 0.25) is 0 Å². The molecule has 0 aromatic rings. The number of hydrogen-bond acceptors (Lipinski definition) is 4. The van der Waals surface area contributed by atoms with Gasteiger partial charge in [0.1, 0.15) is 5.76 Å². The van der Waals surface area contributed by atoms with Crippen molar-refractivity contribution in [3.63, 3.8) is 0 Å². The average molecular weight is 215 g/mol. The molecule has 0 saturated heterocycles. The van der Waals surface area contributed by atoms with Crippen LogP contribution in [0.5, 0.6) is 0 Å². The minimum Gasteiger partial charge on any atom is -0.510 e. The molecule has 1 heterocycles. The molecule has 5 heteroatoms. The minimum absolute atomic E-state index is 0.000694. The molecule has 78 valence electrons. The Kier molecular flexibility index (Phi) is 3.57. The lowest BCUT2D eigenvalue weighted by molar-refractivity contribution is -0.141. The lowest BCUT2D eigenvalue weighted by Crippen LogP contribution is -2.39. The Morgan fingerprint density at radius 1 is 1.71 bits per heavy atom. The fraction of sp³-hybridized carbons (Fsp3) is 0.556. The number of nitrogens with zero attached hydrogens (tertiary/aromatic N) is 1. The van der Waals surface area contributed by atoms with Crippen LogP contribution in [-0.2, 0) is 9.59 Å². The summed E-state index contributed by atoms with van der Waals surface area (Å²) >= 11 is 1.62. The average Bonchev–Trinajstić information content (AvgIpc) is 2.37. The maximum atomic E-state index is 11.3. The Morgan fingerprint density at radius 2 is 2.36 bits per heavy atom.